The summed E-state index contributed by atoms with van der Waals surface area (Å²) in [5, 5.41) is 3.37. The van der Waals surface area contributed by atoms with E-state index in [2.05, 4.69) is 10.2 Å². The third-order valence-electron chi connectivity index (χ3n) is 5.12. The highest BCUT2D eigenvalue weighted by molar-refractivity contribution is 5.85. The van der Waals surface area contributed by atoms with Gasteiger partial charge < -0.3 is 10.2 Å². The van der Waals surface area contributed by atoms with Gasteiger partial charge in [-0.3, -0.25) is 4.79 Å². The topological polar surface area (TPSA) is 32.3 Å². The lowest BCUT2D eigenvalue weighted by Crippen LogP contribution is -2.43. The Hall–Kier alpha value is -0.570. The van der Waals surface area contributed by atoms with Gasteiger partial charge in [0.15, 0.2) is 0 Å². The lowest BCUT2D eigenvalue weighted by molar-refractivity contribution is -0.137. The molecule has 3 nitrogen and oxygen atoms in total. The van der Waals surface area contributed by atoms with Gasteiger partial charge in [-0.1, -0.05) is 12.8 Å². The Morgan fingerprint density at radius 1 is 1.18 bits per heavy atom. The summed E-state index contributed by atoms with van der Waals surface area (Å²) < 4.78 is 0. The second-order valence-electron chi connectivity index (χ2n) is 6.18. The predicted octanol–water partition coefficient (Wildman–Crippen LogP) is 1.78. The first-order valence-corrected chi connectivity index (χ1v) is 7.30. The molecule has 2 saturated heterocycles. The molecule has 1 amide bonds. The molecular formula is C14H24N2O. The molecule has 3 fully saturated rings. The molecule has 17 heavy (non-hydrogen) atoms. The van der Waals surface area contributed by atoms with Crippen LogP contribution in [0, 0.1) is 11.3 Å². The van der Waals surface area contributed by atoms with Crippen LogP contribution in [0.25, 0.3) is 0 Å². The Balaban J connectivity index is 1.62. The van der Waals surface area contributed by atoms with E-state index in [1.54, 1.807) is 0 Å². The molecule has 0 bridgehead atoms. The maximum atomic E-state index is 12.6. The summed E-state index contributed by atoms with van der Waals surface area (Å²) >= 11 is 0. The molecule has 3 heteroatoms. The van der Waals surface area contributed by atoms with Gasteiger partial charge in [0.25, 0.3) is 0 Å². The first-order chi connectivity index (χ1) is 8.30. The lowest BCUT2D eigenvalue weighted by Gasteiger charge is -2.32. The Morgan fingerprint density at radius 3 is 2.59 bits per heavy atom. The van der Waals surface area contributed by atoms with Crippen molar-refractivity contribution in [3.63, 3.8) is 0 Å². The molecule has 0 atom stereocenters. The first-order valence-electron chi connectivity index (χ1n) is 7.30. The van der Waals surface area contributed by atoms with Gasteiger partial charge in [0.05, 0.1) is 5.41 Å². The van der Waals surface area contributed by atoms with Gasteiger partial charge in [-0.15, -0.1) is 0 Å². The minimum Gasteiger partial charge on any atom is -0.342 e. The minimum atomic E-state index is 0.0316. The van der Waals surface area contributed by atoms with Crippen LogP contribution in [0.15, 0.2) is 0 Å². The average molecular weight is 236 g/mol. The summed E-state index contributed by atoms with van der Waals surface area (Å²) in [5.41, 5.74) is 0.0316. The molecule has 2 aliphatic heterocycles. The molecule has 0 unspecified atom stereocenters. The second-order valence-corrected chi connectivity index (χ2v) is 6.18. The van der Waals surface area contributed by atoms with Crippen LogP contribution >= 0.6 is 0 Å². The summed E-state index contributed by atoms with van der Waals surface area (Å²) in [7, 11) is 0. The Morgan fingerprint density at radius 2 is 1.88 bits per heavy atom. The van der Waals surface area contributed by atoms with Crippen LogP contribution in [0.2, 0.25) is 0 Å². The summed E-state index contributed by atoms with van der Waals surface area (Å²) in [4.78, 5) is 14.8. The smallest absolute Gasteiger partial charge is 0.228 e. The quantitative estimate of drug-likeness (QED) is 0.792. The Bertz CT molecular complexity index is 291. The zero-order chi connectivity index (χ0) is 11.7. The van der Waals surface area contributed by atoms with Gasteiger partial charge in [0.1, 0.15) is 0 Å². The number of carbonyl (C=O) groups is 1. The third kappa shape index (κ3) is 2.10. The minimum absolute atomic E-state index is 0.0316. The van der Waals surface area contributed by atoms with Crippen LogP contribution in [-0.2, 0) is 4.79 Å². The maximum absolute atomic E-state index is 12.6. The number of hydrogen-bond donors (Lipinski definition) is 1. The SMILES string of the molecule is O=C1N(CC2CCCC2)CCC12CCNCC2. The lowest BCUT2D eigenvalue weighted by atomic mass is 9.77. The Kier molecular flexibility index (Phi) is 3.12. The van der Waals surface area contributed by atoms with Gasteiger partial charge in [-0.05, 0) is 51.1 Å². The van der Waals surface area contributed by atoms with Crippen molar-refractivity contribution in [3.05, 3.63) is 0 Å². The zero-order valence-corrected chi connectivity index (χ0v) is 10.7. The van der Waals surface area contributed by atoms with E-state index in [0.717, 1.165) is 51.4 Å². The van der Waals surface area contributed by atoms with E-state index in [0.29, 0.717) is 5.91 Å². The van der Waals surface area contributed by atoms with Crippen molar-refractivity contribution in [2.24, 2.45) is 11.3 Å². The standard InChI is InChI=1S/C14H24N2O/c17-13-14(5-8-15-9-6-14)7-10-16(13)11-12-3-1-2-4-12/h12,15H,1-11H2. The van der Waals surface area contributed by atoms with E-state index in [-0.39, 0.29) is 5.41 Å². The van der Waals surface area contributed by atoms with Crippen molar-refractivity contribution < 1.29 is 4.79 Å². The van der Waals surface area contributed by atoms with Gasteiger partial charge in [-0.25, -0.2) is 0 Å². The third-order valence-corrected chi connectivity index (χ3v) is 5.12. The van der Waals surface area contributed by atoms with Crippen molar-refractivity contribution in [1.82, 2.24) is 10.2 Å². The summed E-state index contributed by atoms with van der Waals surface area (Å²) in [5.74, 6) is 1.28. The highest BCUT2D eigenvalue weighted by Crippen LogP contribution is 2.40. The van der Waals surface area contributed by atoms with E-state index in [1.165, 1.54) is 25.7 Å². The molecule has 0 aromatic carbocycles. The van der Waals surface area contributed by atoms with Crippen LogP contribution in [0.1, 0.15) is 44.9 Å². The number of likely N-dealkylation sites (tertiary alicyclic amines) is 1. The number of piperidine rings is 1. The van der Waals surface area contributed by atoms with E-state index in [9.17, 15) is 4.79 Å². The van der Waals surface area contributed by atoms with Crippen LogP contribution in [0.5, 0.6) is 0 Å². The molecule has 1 N–H and O–H groups in total. The number of nitrogens with one attached hydrogen (secondary N) is 1. The van der Waals surface area contributed by atoms with E-state index in [4.69, 9.17) is 0 Å². The van der Waals surface area contributed by atoms with Gasteiger partial charge in [-0.2, -0.15) is 0 Å². The molecule has 0 aromatic heterocycles. The number of rotatable bonds is 2. The molecule has 1 saturated carbocycles. The summed E-state index contributed by atoms with van der Waals surface area (Å²) in [6.07, 6.45) is 8.68. The highest BCUT2D eigenvalue weighted by Gasteiger charge is 2.47. The summed E-state index contributed by atoms with van der Waals surface area (Å²) in [6, 6.07) is 0. The van der Waals surface area contributed by atoms with Gasteiger partial charge in [0.2, 0.25) is 5.91 Å². The number of carbonyl (C=O) groups excluding carboxylic acids is 1. The molecule has 2 heterocycles. The zero-order valence-electron chi connectivity index (χ0n) is 10.7. The fourth-order valence-corrected chi connectivity index (χ4v) is 3.94. The van der Waals surface area contributed by atoms with E-state index in [1.807, 2.05) is 0 Å². The number of amides is 1. The van der Waals surface area contributed by atoms with Crippen LogP contribution in [0.4, 0.5) is 0 Å². The molecular weight excluding hydrogens is 212 g/mol. The molecule has 3 rings (SSSR count). The maximum Gasteiger partial charge on any atom is 0.228 e. The predicted molar refractivity (Wildman–Crippen MR) is 67.7 cm³/mol. The average Bonchev–Trinajstić information content (AvgIpc) is 2.96. The molecule has 1 spiro atoms. The largest absolute Gasteiger partial charge is 0.342 e. The molecule has 0 aromatic rings. The second kappa shape index (κ2) is 4.60. The van der Waals surface area contributed by atoms with Crippen molar-refractivity contribution in [3.8, 4) is 0 Å². The fraction of sp³-hybridized carbons (Fsp3) is 0.929. The first kappa shape index (κ1) is 11.5. The van der Waals surface area contributed by atoms with Crippen molar-refractivity contribution >= 4 is 5.91 Å². The van der Waals surface area contributed by atoms with Gasteiger partial charge >= 0.3 is 0 Å². The number of hydrogen-bond acceptors (Lipinski definition) is 2. The van der Waals surface area contributed by atoms with Crippen LogP contribution < -0.4 is 5.32 Å². The highest BCUT2D eigenvalue weighted by atomic mass is 16.2. The molecule has 1 aliphatic carbocycles. The number of nitrogens with zero attached hydrogens (tertiary/aromatic N) is 1. The van der Waals surface area contributed by atoms with Crippen LogP contribution in [-0.4, -0.2) is 37.0 Å². The van der Waals surface area contributed by atoms with Crippen molar-refractivity contribution in [2.75, 3.05) is 26.2 Å². The van der Waals surface area contributed by atoms with Crippen LogP contribution in [0.3, 0.4) is 0 Å². The van der Waals surface area contributed by atoms with Crippen molar-refractivity contribution in [1.29, 1.82) is 0 Å². The molecule has 0 radical (unpaired) electrons. The Labute approximate surface area is 104 Å². The van der Waals surface area contributed by atoms with Crippen molar-refractivity contribution in [2.45, 2.75) is 44.9 Å². The monoisotopic (exact) mass is 236 g/mol. The fourth-order valence-electron chi connectivity index (χ4n) is 3.94. The summed E-state index contributed by atoms with van der Waals surface area (Å²) in [6.45, 7) is 4.13. The van der Waals surface area contributed by atoms with Gasteiger partial charge in [0, 0.05) is 13.1 Å². The normalized spacial score (nSPS) is 29.4. The van der Waals surface area contributed by atoms with E-state index < -0.39 is 0 Å². The molecule has 96 valence electrons. The van der Waals surface area contributed by atoms with E-state index >= 15 is 0 Å². The molecule has 3 aliphatic rings.